The number of carbonyl (C=O) groups is 1. The van der Waals surface area contributed by atoms with Crippen molar-refractivity contribution in [2.45, 2.75) is 9.24 Å². The van der Waals surface area contributed by atoms with Gasteiger partial charge in [0, 0.05) is 25.1 Å². The van der Waals surface area contributed by atoms with Crippen LogP contribution in [0.25, 0.3) is 10.2 Å². The number of carbonyl (C=O) groups excluding carboxylic acids is 1. The zero-order chi connectivity index (χ0) is 19.7. The number of para-hydroxylation sites is 1. The molecule has 0 radical (unpaired) electrons. The number of benzene rings is 3. The molecule has 4 aromatic rings. The Morgan fingerprint density at radius 1 is 1.04 bits per heavy atom. The van der Waals surface area contributed by atoms with Crippen LogP contribution in [0.15, 0.2) is 78.8 Å². The molecule has 1 aromatic heterocycles. The second-order valence-corrected chi connectivity index (χ2v) is 10.4. The summed E-state index contributed by atoms with van der Waals surface area (Å²) in [5.74, 6) is -0.204. The van der Waals surface area contributed by atoms with Crippen molar-refractivity contribution < 1.29 is 4.79 Å². The van der Waals surface area contributed by atoms with Gasteiger partial charge in [-0.25, -0.2) is 4.98 Å². The Hall–Kier alpha value is -1.38. The Morgan fingerprint density at radius 2 is 1.79 bits per heavy atom. The van der Waals surface area contributed by atoms with E-state index in [1.165, 1.54) is 11.8 Å². The van der Waals surface area contributed by atoms with Crippen molar-refractivity contribution in [2.75, 3.05) is 5.32 Å². The van der Waals surface area contributed by atoms with E-state index < -0.39 is 0 Å². The van der Waals surface area contributed by atoms with E-state index in [0.717, 1.165) is 28.4 Å². The molecule has 0 saturated heterocycles. The third kappa shape index (κ3) is 4.60. The smallest absolute Gasteiger partial charge is 0.255 e. The molecule has 140 valence electrons. The molecular formula is C20H11Br2ClN2OS2. The number of rotatable bonds is 4. The Morgan fingerprint density at radius 3 is 2.50 bits per heavy atom. The highest BCUT2D eigenvalue weighted by Gasteiger charge is 2.12. The first-order valence-electron chi connectivity index (χ1n) is 8.08. The monoisotopic (exact) mass is 552 g/mol. The van der Waals surface area contributed by atoms with Crippen molar-refractivity contribution in [1.29, 1.82) is 0 Å². The van der Waals surface area contributed by atoms with Gasteiger partial charge in [-0.1, -0.05) is 67.4 Å². The molecule has 1 N–H and O–H groups in total. The highest BCUT2D eigenvalue weighted by atomic mass is 79.9. The van der Waals surface area contributed by atoms with Crippen LogP contribution in [-0.4, -0.2) is 10.9 Å². The summed E-state index contributed by atoms with van der Waals surface area (Å²) < 4.78 is 3.73. The fraction of sp³-hybridized carbons (Fsp3) is 0. The van der Waals surface area contributed by atoms with Gasteiger partial charge in [0.15, 0.2) is 4.34 Å². The lowest BCUT2D eigenvalue weighted by Gasteiger charge is -2.08. The third-order valence-corrected chi connectivity index (χ3v) is 7.30. The summed E-state index contributed by atoms with van der Waals surface area (Å²) in [6.45, 7) is 0. The molecule has 1 amide bonds. The molecule has 1 heterocycles. The topological polar surface area (TPSA) is 42.0 Å². The summed E-state index contributed by atoms with van der Waals surface area (Å²) in [6.07, 6.45) is 0. The first kappa shape index (κ1) is 19.9. The van der Waals surface area contributed by atoms with Gasteiger partial charge in [0.2, 0.25) is 0 Å². The molecule has 0 saturated carbocycles. The normalized spacial score (nSPS) is 11.0. The largest absolute Gasteiger partial charge is 0.322 e. The van der Waals surface area contributed by atoms with Gasteiger partial charge in [0.1, 0.15) is 0 Å². The lowest BCUT2D eigenvalue weighted by Crippen LogP contribution is -2.11. The minimum Gasteiger partial charge on any atom is -0.322 e. The summed E-state index contributed by atoms with van der Waals surface area (Å²) in [6, 6.07) is 18.9. The van der Waals surface area contributed by atoms with Crippen molar-refractivity contribution >= 4 is 88.4 Å². The fourth-order valence-corrected chi connectivity index (χ4v) is 6.16. The molecule has 4 rings (SSSR count). The highest BCUT2D eigenvalue weighted by Crippen LogP contribution is 2.38. The van der Waals surface area contributed by atoms with Gasteiger partial charge >= 0.3 is 0 Å². The van der Waals surface area contributed by atoms with Gasteiger partial charge in [-0.05, 0) is 48.5 Å². The van der Waals surface area contributed by atoms with E-state index in [2.05, 4.69) is 48.2 Å². The Balaban J connectivity index is 1.51. The average Bonchev–Trinajstić information content (AvgIpc) is 3.05. The van der Waals surface area contributed by atoms with Gasteiger partial charge < -0.3 is 5.32 Å². The van der Waals surface area contributed by atoms with Crippen molar-refractivity contribution in [3.05, 3.63) is 80.2 Å². The number of nitrogens with zero attached hydrogens (tertiary/aromatic N) is 1. The van der Waals surface area contributed by atoms with Crippen LogP contribution in [-0.2, 0) is 0 Å². The van der Waals surface area contributed by atoms with Gasteiger partial charge in [0.25, 0.3) is 5.91 Å². The summed E-state index contributed by atoms with van der Waals surface area (Å²) in [5.41, 5.74) is 2.17. The summed E-state index contributed by atoms with van der Waals surface area (Å²) in [4.78, 5) is 18.0. The zero-order valence-electron chi connectivity index (χ0n) is 14.1. The SMILES string of the molecule is O=C(Nc1ccc(Sc2nc3ccccc3s2)c(Cl)c1)c1cc(Br)cc(Br)c1. The van der Waals surface area contributed by atoms with Gasteiger partial charge in [-0.3, -0.25) is 4.79 Å². The minimum absolute atomic E-state index is 0.204. The lowest BCUT2D eigenvalue weighted by molar-refractivity contribution is 0.102. The fourth-order valence-electron chi connectivity index (χ4n) is 2.54. The number of nitrogens with one attached hydrogen (secondary N) is 1. The number of thiazole rings is 1. The summed E-state index contributed by atoms with van der Waals surface area (Å²) >= 11 is 16.4. The predicted molar refractivity (Wildman–Crippen MR) is 125 cm³/mol. The molecule has 0 aliphatic rings. The van der Waals surface area contributed by atoms with Crippen molar-refractivity contribution in [3.63, 3.8) is 0 Å². The Kier molecular flexibility index (Phi) is 6.08. The van der Waals surface area contributed by atoms with E-state index in [1.807, 2.05) is 36.4 Å². The number of amides is 1. The van der Waals surface area contributed by atoms with Crippen LogP contribution in [0.3, 0.4) is 0 Å². The number of hydrogen-bond donors (Lipinski definition) is 1. The minimum atomic E-state index is -0.204. The molecule has 8 heteroatoms. The van der Waals surface area contributed by atoms with E-state index in [9.17, 15) is 4.79 Å². The maximum absolute atomic E-state index is 12.5. The number of hydrogen-bond acceptors (Lipinski definition) is 4. The first-order chi connectivity index (χ1) is 13.5. The zero-order valence-corrected chi connectivity index (χ0v) is 19.6. The molecule has 0 aliphatic heterocycles. The molecule has 0 bridgehead atoms. The van der Waals surface area contributed by atoms with E-state index in [1.54, 1.807) is 29.5 Å². The molecule has 0 spiro atoms. The van der Waals surface area contributed by atoms with Crippen molar-refractivity contribution in [3.8, 4) is 0 Å². The maximum atomic E-state index is 12.5. The Labute approximate surface area is 191 Å². The molecule has 0 fully saturated rings. The number of aromatic nitrogens is 1. The molecule has 0 aliphatic carbocycles. The van der Waals surface area contributed by atoms with Gasteiger partial charge in [0.05, 0.1) is 15.2 Å². The van der Waals surface area contributed by atoms with Crippen LogP contribution in [0.2, 0.25) is 5.02 Å². The summed E-state index contributed by atoms with van der Waals surface area (Å²) in [5, 5.41) is 3.45. The molecule has 0 unspecified atom stereocenters. The molecule has 28 heavy (non-hydrogen) atoms. The summed E-state index contributed by atoms with van der Waals surface area (Å²) in [7, 11) is 0. The number of halogens is 3. The van der Waals surface area contributed by atoms with Crippen LogP contribution < -0.4 is 5.32 Å². The standard InChI is InChI=1S/C20H11Br2ClN2OS2/c21-12-7-11(8-13(22)9-12)19(26)24-14-5-6-17(15(23)10-14)27-20-25-16-3-1-2-4-18(16)28-20/h1-10H,(H,24,26). The van der Waals surface area contributed by atoms with Crippen LogP contribution in [0, 0.1) is 0 Å². The number of anilines is 1. The lowest BCUT2D eigenvalue weighted by atomic mass is 10.2. The van der Waals surface area contributed by atoms with Crippen LogP contribution in [0.1, 0.15) is 10.4 Å². The van der Waals surface area contributed by atoms with Crippen LogP contribution in [0.4, 0.5) is 5.69 Å². The van der Waals surface area contributed by atoms with Crippen molar-refractivity contribution in [1.82, 2.24) is 4.98 Å². The first-order valence-corrected chi connectivity index (χ1v) is 11.7. The van der Waals surface area contributed by atoms with Crippen molar-refractivity contribution in [2.24, 2.45) is 0 Å². The van der Waals surface area contributed by atoms with E-state index in [4.69, 9.17) is 11.6 Å². The van der Waals surface area contributed by atoms with E-state index >= 15 is 0 Å². The quantitative estimate of drug-likeness (QED) is 0.279. The molecular weight excluding hydrogens is 544 g/mol. The van der Waals surface area contributed by atoms with Gasteiger partial charge in [-0.15, -0.1) is 11.3 Å². The molecule has 3 nitrogen and oxygen atoms in total. The van der Waals surface area contributed by atoms with Crippen LogP contribution >= 0.6 is 66.6 Å². The molecule has 3 aromatic carbocycles. The highest BCUT2D eigenvalue weighted by molar-refractivity contribution is 9.11. The second kappa shape index (κ2) is 8.55. The van der Waals surface area contributed by atoms with Crippen LogP contribution in [0.5, 0.6) is 0 Å². The van der Waals surface area contributed by atoms with E-state index in [-0.39, 0.29) is 5.91 Å². The Bertz CT molecular complexity index is 1140. The maximum Gasteiger partial charge on any atom is 0.255 e. The number of fused-ring (bicyclic) bond motifs is 1. The van der Waals surface area contributed by atoms with Gasteiger partial charge in [-0.2, -0.15) is 0 Å². The van der Waals surface area contributed by atoms with E-state index in [0.29, 0.717) is 16.3 Å². The second-order valence-electron chi connectivity index (χ2n) is 5.81. The average molecular weight is 555 g/mol. The predicted octanol–water partition coefficient (Wildman–Crippen LogP) is 7.88. The third-order valence-electron chi connectivity index (χ3n) is 3.79. The molecule has 0 atom stereocenters.